The number of amides is 1. The van der Waals surface area contributed by atoms with Gasteiger partial charge in [-0.05, 0) is 57.9 Å². The second-order valence-electron chi connectivity index (χ2n) is 7.63. The van der Waals surface area contributed by atoms with Gasteiger partial charge in [0, 0.05) is 19.7 Å². The molecule has 5 nitrogen and oxygen atoms in total. The van der Waals surface area contributed by atoms with Crippen LogP contribution in [0.3, 0.4) is 0 Å². The summed E-state index contributed by atoms with van der Waals surface area (Å²) in [4.78, 5) is 11.7. The zero-order valence-electron chi connectivity index (χ0n) is 14.9. The molecule has 2 unspecified atom stereocenters. The molecule has 2 atom stereocenters. The predicted molar refractivity (Wildman–Crippen MR) is 89.0 cm³/mol. The smallest absolute Gasteiger partial charge is 0.407 e. The van der Waals surface area contributed by atoms with Crippen LogP contribution in [0, 0.1) is 17.8 Å². The third kappa shape index (κ3) is 8.59. The Hall–Kier alpha value is -0.810. The fourth-order valence-electron chi connectivity index (χ4n) is 2.51. The van der Waals surface area contributed by atoms with E-state index in [9.17, 15) is 4.79 Å². The first-order valence-electron chi connectivity index (χ1n) is 8.53. The van der Waals surface area contributed by atoms with E-state index >= 15 is 0 Å². The van der Waals surface area contributed by atoms with E-state index in [1.54, 1.807) is 0 Å². The summed E-state index contributed by atoms with van der Waals surface area (Å²) in [7, 11) is 0. The maximum atomic E-state index is 11.7. The van der Waals surface area contributed by atoms with Gasteiger partial charge in [0.15, 0.2) is 0 Å². The first kappa shape index (κ1) is 19.2. The van der Waals surface area contributed by atoms with Gasteiger partial charge >= 0.3 is 6.09 Å². The third-order valence-electron chi connectivity index (χ3n) is 3.94. The first-order valence-corrected chi connectivity index (χ1v) is 8.53. The van der Waals surface area contributed by atoms with E-state index < -0.39 is 5.60 Å². The molecular formula is C17H34N2O3. The van der Waals surface area contributed by atoms with Gasteiger partial charge in [-0.15, -0.1) is 0 Å². The average molecular weight is 314 g/mol. The van der Waals surface area contributed by atoms with Gasteiger partial charge in [-0.2, -0.15) is 0 Å². The van der Waals surface area contributed by atoms with Crippen LogP contribution >= 0.6 is 0 Å². The fourth-order valence-corrected chi connectivity index (χ4v) is 2.51. The zero-order chi connectivity index (χ0) is 16.6. The Balaban J connectivity index is 2.25. The van der Waals surface area contributed by atoms with E-state index in [4.69, 9.17) is 9.47 Å². The van der Waals surface area contributed by atoms with E-state index in [1.165, 1.54) is 12.8 Å². The lowest BCUT2D eigenvalue weighted by atomic mass is 9.95. The molecule has 1 saturated heterocycles. The van der Waals surface area contributed by atoms with Crippen molar-refractivity contribution in [1.82, 2.24) is 10.6 Å². The van der Waals surface area contributed by atoms with Gasteiger partial charge in [0.1, 0.15) is 5.60 Å². The van der Waals surface area contributed by atoms with Gasteiger partial charge in [0.2, 0.25) is 0 Å². The first-order chi connectivity index (χ1) is 10.3. The lowest BCUT2D eigenvalue weighted by Gasteiger charge is -2.26. The fraction of sp³-hybridized carbons (Fsp3) is 0.941. The van der Waals surface area contributed by atoms with Gasteiger partial charge in [-0.1, -0.05) is 13.8 Å². The van der Waals surface area contributed by atoms with Crippen molar-refractivity contribution in [2.75, 3.05) is 32.8 Å². The van der Waals surface area contributed by atoms with E-state index in [0.29, 0.717) is 24.3 Å². The molecule has 0 aliphatic carbocycles. The Morgan fingerprint density at radius 3 is 2.59 bits per heavy atom. The zero-order valence-corrected chi connectivity index (χ0v) is 14.9. The molecule has 2 N–H and O–H groups in total. The number of carbonyl (C=O) groups is 1. The van der Waals surface area contributed by atoms with Crippen molar-refractivity contribution in [3.05, 3.63) is 0 Å². The molecule has 1 aliphatic rings. The largest absolute Gasteiger partial charge is 0.444 e. The summed E-state index contributed by atoms with van der Waals surface area (Å²) in [5, 5.41) is 6.42. The van der Waals surface area contributed by atoms with Crippen molar-refractivity contribution in [3.63, 3.8) is 0 Å². The molecule has 1 rings (SSSR count). The van der Waals surface area contributed by atoms with Crippen molar-refractivity contribution in [2.24, 2.45) is 17.8 Å². The highest BCUT2D eigenvalue weighted by atomic mass is 16.6. The standard InChI is InChI=1S/C17H34N2O3/c1-13(2)15(11-19-16(20)22-17(3,4)5)10-18-9-14-7-6-8-21-12-14/h13-15,18H,6-12H2,1-5H3,(H,19,20). The van der Waals surface area contributed by atoms with Gasteiger partial charge < -0.3 is 20.1 Å². The Morgan fingerprint density at radius 1 is 1.32 bits per heavy atom. The average Bonchev–Trinajstić information content (AvgIpc) is 2.41. The number of nitrogens with one attached hydrogen (secondary N) is 2. The summed E-state index contributed by atoms with van der Waals surface area (Å²) in [6.07, 6.45) is 2.08. The SMILES string of the molecule is CC(C)C(CNCC1CCCOC1)CNC(=O)OC(C)(C)C. The highest BCUT2D eigenvalue weighted by Gasteiger charge is 2.20. The number of hydrogen-bond donors (Lipinski definition) is 2. The van der Waals surface area contributed by atoms with Crippen LogP contribution in [-0.4, -0.2) is 44.5 Å². The quantitative estimate of drug-likeness (QED) is 0.758. The molecule has 22 heavy (non-hydrogen) atoms. The van der Waals surface area contributed by atoms with Crippen molar-refractivity contribution in [3.8, 4) is 0 Å². The summed E-state index contributed by atoms with van der Waals surface area (Å²) in [6.45, 7) is 14.3. The second-order valence-corrected chi connectivity index (χ2v) is 7.63. The molecule has 1 fully saturated rings. The Labute approximate surface area is 135 Å². The number of hydrogen-bond acceptors (Lipinski definition) is 4. The summed E-state index contributed by atoms with van der Waals surface area (Å²) < 4.78 is 10.8. The molecule has 0 spiro atoms. The normalized spacial score (nSPS) is 20.7. The minimum atomic E-state index is -0.448. The molecule has 130 valence electrons. The van der Waals surface area contributed by atoms with Gasteiger partial charge in [-0.25, -0.2) is 4.79 Å². The summed E-state index contributed by atoms with van der Waals surface area (Å²) >= 11 is 0. The Morgan fingerprint density at radius 2 is 2.05 bits per heavy atom. The number of ether oxygens (including phenoxy) is 2. The highest BCUT2D eigenvalue weighted by molar-refractivity contribution is 5.67. The van der Waals surface area contributed by atoms with Gasteiger partial charge in [-0.3, -0.25) is 0 Å². The summed E-state index contributed by atoms with van der Waals surface area (Å²) in [5.41, 5.74) is -0.448. The summed E-state index contributed by atoms with van der Waals surface area (Å²) in [6, 6.07) is 0. The van der Waals surface area contributed by atoms with Crippen LogP contribution in [0.25, 0.3) is 0 Å². The molecule has 0 radical (unpaired) electrons. The molecule has 1 aliphatic heterocycles. The number of carbonyl (C=O) groups excluding carboxylic acids is 1. The van der Waals surface area contributed by atoms with Crippen LogP contribution in [0.5, 0.6) is 0 Å². The van der Waals surface area contributed by atoms with Crippen LogP contribution in [0.2, 0.25) is 0 Å². The second kappa shape index (κ2) is 9.36. The lowest BCUT2D eigenvalue weighted by molar-refractivity contribution is 0.0508. The molecule has 1 heterocycles. The van der Waals surface area contributed by atoms with Gasteiger partial charge in [0.25, 0.3) is 0 Å². The van der Waals surface area contributed by atoms with Crippen LogP contribution in [0.1, 0.15) is 47.5 Å². The monoisotopic (exact) mass is 314 g/mol. The maximum Gasteiger partial charge on any atom is 0.407 e. The summed E-state index contributed by atoms with van der Waals surface area (Å²) in [5.74, 6) is 1.53. The van der Waals surface area contributed by atoms with Crippen molar-refractivity contribution < 1.29 is 14.3 Å². The van der Waals surface area contributed by atoms with E-state index in [2.05, 4.69) is 24.5 Å². The maximum absolute atomic E-state index is 11.7. The molecule has 0 aromatic rings. The Bertz CT molecular complexity index is 320. The molecule has 1 amide bonds. The van der Waals surface area contributed by atoms with E-state index in [1.807, 2.05) is 20.8 Å². The van der Waals surface area contributed by atoms with Crippen molar-refractivity contribution in [1.29, 1.82) is 0 Å². The van der Waals surface area contributed by atoms with Gasteiger partial charge in [0.05, 0.1) is 6.61 Å². The predicted octanol–water partition coefficient (Wildman–Crippen LogP) is 2.80. The van der Waals surface area contributed by atoms with E-state index in [0.717, 1.165) is 26.3 Å². The molecule has 0 bridgehead atoms. The molecule has 0 aromatic heterocycles. The Kier molecular flexibility index (Phi) is 8.18. The lowest BCUT2D eigenvalue weighted by Crippen LogP contribution is -2.40. The molecule has 0 aromatic carbocycles. The van der Waals surface area contributed by atoms with Crippen LogP contribution in [0.4, 0.5) is 4.79 Å². The van der Waals surface area contributed by atoms with Crippen LogP contribution < -0.4 is 10.6 Å². The minimum absolute atomic E-state index is 0.334. The highest BCUT2D eigenvalue weighted by Crippen LogP contribution is 2.14. The van der Waals surface area contributed by atoms with Crippen molar-refractivity contribution >= 4 is 6.09 Å². The third-order valence-corrected chi connectivity index (χ3v) is 3.94. The van der Waals surface area contributed by atoms with Crippen LogP contribution in [-0.2, 0) is 9.47 Å². The number of rotatable bonds is 7. The van der Waals surface area contributed by atoms with E-state index in [-0.39, 0.29) is 6.09 Å². The molecular weight excluding hydrogens is 280 g/mol. The molecule has 5 heteroatoms. The number of alkyl carbamates (subject to hydrolysis) is 1. The minimum Gasteiger partial charge on any atom is -0.444 e. The van der Waals surface area contributed by atoms with Crippen molar-refractivity contribution in [2.45, 2.75) is 53.1 Å². The topological polar surface area (TPSA) is 59.6 Å². The molecule has 0 saturated carbocycles. The van der Waals surface area contributed by atoms with Crippen LogP contribution in [0.15, 0.2) is 0 Å².